The molecule has 2 aromatic rings. The predicted molar refractivity (Wildman–Crippen MR) is 70.8 cm³/mol. The highest BCUT2D eigenvalue weighted by Gasteiger charge is 2.08. The zero-order chi connectivity index (χ0) is 13.0. The van der Waals surface area contributed by atoms with Crippen molar-refractivity contribution in [3.63, 3.8) is 0 Å². The van der Waals surface area contributed by atoms with Crippen molar-refractivity contribution in [2.45, 2.75) is 18.4 Å². The molecule has 0 unspecified atom stereocenters. The van der Waals surface area contributed by atoms with E-state index in [1.165, 1.54) is 0 Å². The molecule has 0 saturated heterocycles. The van der Waals surface area contributed by atoms with Crippen LogP contribution in [0.3, 0.4) is 0 Å². The van der Waals surface area contributed by atoms with Gasteiger partial charge in [-0.25, -0.2) is 0 Å². The Hall–Kier alpha value is -1.82. The summed E-state index contributed by atoms with van der Waals surface area (Å²) in [5.41, 5.74) is 1.59. The van der Waals surface area contributed by atoms with Gasteiger partial charge in [0.05, 0.1) is 12.7 Å². The second kappa shape index (κ2) is 5.68. The van der Waals surface area contributed by atoms with Crippen molar-refractivity contribution in [1.82, 2.24) is 20.3 Å². The second-order valence-corrected chi connectivity index (χ2v) is 4.44. The van der Waals surface area contributed by atoms with Crippen LogP contribution in [0.1, 0.15) is 15.9 Å². The van der Waals surface area contributed by atoms with Crippen LogP contribution >= 0.6 is 12.6 Å². The van der Waals surface area contributed by atoms with E-state index in [1.807, 2.05) is 19.1 Å². The topological polar surface area (TPSA) is 59.8 Å². The Balaban J connectivity index is 1.93. The quantitative estimate of drug-likeness (QED) is 0.817. The number of hydrogen-bond donors (Lipinski definition) is 2. The van der Waals surface area contributed by atoms with Crippen LogP contribution < -0.4 is 5.32 Å². The molecule has 1 N–H and O–H groups in total. The maximum atomic E-state index is 12.0. The first-order valence-corrected chi connectivity index (χ1v) is 6.03. The molecule has 1 aromatic heterocycles. The smallest absolute Gasteiger partial charge is 0.251 e. The molecule has 5 nitrogen and oxygen atoms in total. The van der Waals surface area contributed by atoms with E-state index in [0.29, 0.717) is 18.7 Å². The van der Waals surface area contributed by atoms with Crippen molar-refractivity contribution in [3.8, 4) is 0 Å². The van der Waals surface area contributed by atoms with Gasteiger partial charge < -0.3 is 5.32 Å². The van der Waals surface area contributed by atoms with Gasteiger partial charge in [-0.2, -0.15) is 0 Å². The molecule has 0 bridgehead atoms. The zero-order valence-electron chi connectivity index (χ0n) is 10.00. The van der Waals surface area contributed by atoms with Gasteiger partial charge in [0.2, 0.25) is 0 Å². The lowest BCUT2D eigenvalue weighted by atomic mass is 10.1. The summed E-state index contributed by atoms with van der Waals surface area (Å²) in [6.45, 7) is 3.02. The number of hydrogen-bond acceptors (Lipinski definition) is 4. The fourth-order valence-corrected chi connectivity index (χ4v) is 1.79. The first-order valence-electron chi connectivity index (χ1n) is 5.59. The largest absolute Gasteiger partial charge is 0.350 e. The molecule has 0 atom stereocenters. The lowest BCUT2D eigenvalue weighted by molar-refractivity contribution is 0.0951. The molecule has 94 valence electrons. The fraction of sp³-hybridized carbons (Fsp3) is 0.250. The normalized spacial score (nSPS) is 10.3. The van der Waals surface area contributed by atoms with Crippen LogP contribution in [0.15, 0.2) is 35.5 Å². The van der Waals surface area contributed by atoms with Crippen molar-refractivity contribution in [1.29, 1.82) is 0 Å². The van der Waals surface area contributed by atoms with E-state index in [1.54, 1.807) is 23.1 Å². The molecule has 0 fully saturated rings. The lowest BCUT2D eigenvalue weighted by Gasteiger charge is -2.08. The Bertz CT molecular complexity index is 539. The van der Waals surface area contributed by atoms with Crippen molar-refractivity contribution in [3.05, 3.63) is 41.7 Å². The van der Waals surface area contributed by atoms with Crippen molar-refractivity contribution in [2.24, 2.45) is 0 Å². The minimum Gasteiger partial charge on any atom is -0.350 e. The third-order valence-electron chi connectivity index (χ3n) is 2.56. The molecular weight excluding hydrogens is 248 g/mol. The van der Waals surface area contributed by atoms with Crippen molar-refractivity contribution >= 4 is 18.5 Å². The Morgan fingerprint density at radius 2 is 2.33 bits per heavy atom. The summed E-state index contributed by atoms with van der Waals surface area (Å²) >= 11 is 4.23. The minimum absolute atomic E-state index is 0.0940. The number of aromatic nitrogens is 3. The van der Waals surface area contributed by atoms with Crippen LogP contribution in [-0.2, 0) is 6.54 Å². The molecule has 0 saturated carbocycles. The Morgan fingerprint density at radius 1 is 1.50 bits per heavy atom. The molecule has 1 aromatic carbocycles. The number of aryl methyl sites for hydroxylation is 1. The van der Waals surface area contributed by atoms with E-state index < -0.39 is 0 Å². The summed E-state index contributed by atoms with van der Waals surface area (Å²) in [4.78, 5) is 12.7. The van der Waals surface area contributed by atoms with Crippen LogP contribution in [0, 0.1) is 6.92 Å². The second-order valence-electron chi connectivity index (χ2n) is 3.92. The number of amides is 1. The predicted octanol–water partition coefficient (Wildman–Crippen LogP) is 1.31. The van der Waals surface area contributed by atoms with Gasteiger partial charge in [0, 0.05) is 23.2 Å². The highest BCUT2D eigenvalue weighted by molar-refractivity contribution is 7.80. The highest BCUT2D eigenvalue weighted by atomic mass is 32.1. The molecular formula is C12H14N4OS. The lowest BCUT2D eigenvalue weighted by Crippen LogP contribution is -2.28. The Kier molecular flexibility index (Phi) is 3.99. The number of nitrogens with one attached hydrogen (secondary N) is 1. The maximum absolute atomic E-state index is 12.0. The Labute approximate surface area is 111 Å². The average molecular weight is 262 g/mol. The standard InChI is InChI=1S/C12H14N4OS/c1-9-2-3-10(18)8-11(9)12(17)13-4-6-16-7-5-14-15-16/h2-3,5,7-8,18H,4,6H2,1H3,(H,13,17). The van der Waals surface area contributed by atoms with Gasteiger partial charge >= 0.3 is 0 Å². The summed E-state index contributed by atoms with van der Waals surface area (Å²) in [6.07, 6.45) is 3.36. The molecule has 0 aliphatic heterocycles. The average Bonchev–Trinajstić information content (AvgIpc) is 2.85. The molecule has 0 radical (unpaired) electrons. The molecule has 2 rings (SSSR count). The molecule has 1 amide bonds. The van der Waals surface area contributed by atoms with Crippen LogP contribution in [0.4, 0.5) is 0 Å². The summed E-state index contributed by atoms with van der Waals surface area (Å²) in [5.74, 6) is -0.0940. The molecule has 1 heterocycles. The van der Waals surface area contributed by atoms with Gasteiger partial charge in [0.15, 0.2) is 0 Å². The van der Waals surface area contributed by atoms with Gasteiger partial charge in [-0.3, -0.25) is 9.48 Å². The molecule has 18 heavy (non-hydrogen) atoms. The van der Waals surface area contributed by atoms with Gasteiger partial charge in [-0.1, -0.05) is 11.3 Å². The van der Waals surface area contributed by atoms with Gasteiger partial charge in [0.1, 0.15) is 0 Å². The van der Waals surface area contributed by atoms with Gasteiger partial charge in [-0.15, -0.1) is 17.7 Å². The van der Waals surface area contributed by atoms with E-state index in [4.69, 9.17) is 0 Å². The number of nitrogens with zero attached hydrogens (tertiary/aromatic N) is 3. The molecule has 0 aliphatic rings. The summed E-state index contributed by atoms with van der Waals surface area (Å²) < 4.78 is 1.67. The van der Waals surface area contributed by atoms with Crippen LogP contribution in [0.25, 0.3) is 0 Å². The minimum atomic E-state index is -0.0940. The fourth-order valence-electron chi connectivity index (χ4n) is 1.59. The Morgan fingerprint density at radius 3 is 3.06 bits per heavy atom. The monoisotopic (exact) mass is 262 g/mol. The first kappa shape index (κ1) is 12.6. The number of thiol groups is 1. The highest BCUT2D eigenvalue weighted by Crippen LogP contribution is 2.13. The third kappa shape index (κ3) is 3.10. The number of rotatable bonds is 4. The van der Waals surface area contributed by atoms with Crippen LogP contribution in [-0.4, -0.2) is 27.4 Å². The van der Waals surface area contributed by atoms with Crippen LogP contribution in [0.2, 0.25) is 0 Å². The number of carbonyl (C=O) groups is 1. The molecule has 6 heteroatoms. The van der Waals surface area contributed by atoms with E-state index in [0.717, 1.165) is 10.5 Å². The van der Waals surface area contributed by atoms with Crippen LogP contribution in [0.5, 0.6) is 0 Å². The number of benzene rings is 1. The molecule has 0 spiro atoms. The van der Waals surface area contributed by atoms with Crippen molar-refractivity contribution < 1.29 is 4.79 Å². The molecule has 0 aliphatic carbocycles. The van der Waals surface area contributed by atoms with Crippen molar-refractivity contribution in [2.75, 3.05) is 6.54 Å². The van der Waals surface area contributed by atoms with Gasteiger partial charge in [-0.05, 0) is 24.6 Å². The summed E-state index contributed by atoms with van der Waals surface area (Å²) in [5, 5.41) is 10.4. The first-order chi connectivity index (χ1) is 8.66. The third-order valence-corrected chi connectivity index (χ3v) is 2.84. The van der Waals surface area contributed by atoms with E-state index >= 15 is 0 Å². The van der Waals surface area contributed by atoms with Gasteiger partial charge in [0.25, 0.3) is 5.91 Å². The zero-order valence-corrected chi connectivity index (χ0v) is 10.9. The van der Waals surface area contributed by atoms with E-state index in [2.05, 4.69) is 28.3 Å². The number of carbonyl (C=O) groups excluding carboxylic acids is 1. The SMILES string of the molecule is Cc1ccc(S)cc1C(=O)NCCn1ccnn1. The summed E-state index contributed by atoms with van der Waals surface area (Å²) in [6, 6.07) is 5.52. The summed E-state index contributed by atoms with van der Waals surface area (Å²) in [7, 11) is 0. The van der Waals surface area contributed by atoms with E-state index in [9.17, 15) is 4.79 Å². The maximum Gasteiger partial charge on any atom is 0.251 e. The van der Waals surface area contributed by atoms with E-state index in [-0.39, 0.29) is 5.91 Å².